The summed E-state index contributed by atoms with van der Waals surface area (Å²) in [4.78, 5) is 29.2. The summed E-state index contributed by atoms with van der Waals surface area (Å²) in [7, 11) is 0. The number of aliphatic hydroxyl groups is 3. The molecule has 0 unspecified atom stereocenters. The van der Waals surface area contributed by atoms with Crippen molar-refractivity contribution in [1.29, 1.82) is 0 Å². The Morgan fingerprint density at radius 1 is 1.31 bits per heavy atom. The zero-order valence-corrected chi connectivity index (χ0v) is 13.9. The van der Waals surface area contributed by atoms with Gasteiger partial charge in [0.05, 0.1) is 6.61 Å². The highest BCUT2D eigenvalue weighted by Gasteiger charge is 2.60. The third-order valence-electron chi connectivity index (χ3n) is 4.44. The maximum Gasteiger partial charge on any atom is 0.352 e. The van der Waals surface area contributed by atoms with Gasteiger partial charge in [0.25, 0.3) is 0 Å². The highest BCUT2D eigenvalue weighted by molar-refractivity contribution is 6.01. The van der Waals surface area contributed by atoms with Crippen LogP contribution in [0.3, 0.4) is 0 Å². The highest BCUT2D eigenvalue weighted by atomic mass is 16.6. The molecule has 9 heteroatoms. The third-order valence-corrected chi connectivity index (χ3v) is 4.44. The zero-order chi connectivity index (χ0) is 19.1. The summed E-state index contributed by atoms with van der Waals surface area (Å²) in [5.41, 5.74) is 3.34. The van der Waals surface area contributed by atoms with Crippen LogP contribution in [-0.2, 0) is 10.5 Å². The lowest BCUT2D eigenvalue weighted by Crippen LogP contribution is -2.56. The molecule has 9 nitrogen and oxygen atoms in total. The van der Waals surface area contributed by atoms with Crippen LogP contribution in [-0.4, -0.2) is 55.6 Å². The molecule has 2 aromatic rings. The van der Waals surface area contributed by atoms with Crippen molar-refractivity contribution in [1.82, 2.24) is 9.55 Å². The molecule has 0 saturated carbocycles. The number of aryl methyl sites for hydroxylation is 1. The van der Waals surface area contributed by atoms with Crippen LogP contribution in [0.25, 0.3) is 0 Å². The van der Waals surface area contributed by atoms with E-state index in [-0.39, 0.29) is 11.4 Å². The van der Waals surface area contributed by atoms with E-state index in [1.54, 1.807) is 12.1 Å². The van der Waals surface area contributed by atoms with Crippen LogP contribution in [0, 0.1) is 6.92 Å². The van der Waals surface area contributed by atoms with Gasteiger partial charge in [0, 0.05) is 11.8 Å². The summed E-state index contributed by atoms with van der Waals surface area (Å²) in [5.74, 6) is -0.829. The minimum Gasteiger partial charge on any atom is -0.394 e. The van der Waals surface area contributed by atoms with E-state index >= 15 is 0 Å². The minimum absolute atomic E-state index is 0.0732. The molecule has 0 amide bonds. The van der Waals surface area contributed by atoms with E-state index < -0.39 is 42.1 Å². The number of Topliss-reactive ketones (excluding diaryl/α,β-unsaturated/α-hetero) is 1. The fourth-order valence-corrected chi connectivity index (χ4v) is 3.03. The smallest absolute Gasteiger partial charge is 0.352 e. The molecule has 2 heterocycles. The number of aliphatic hydroxyl groups excluding tert-OH is 3. The van der Waals surface area contributed by atoms with E-state index in [1.165, 1.54) is 18.2 Å². The predicted octanol–water partition coefficient (Wildman–Crippen LogP) is -1.22. The predicted molar refractivity (Wildman–Crippen MR) is 90.4 cm³/mol. The molecule has 26 heavy (non-hydrogen) atoms. The molecule has 0 bridgehead atoms. The van der Waals surface area contributed by atoms with Gasteiger partial charge in [0.2, 0.25) is 11.5 Å². The van der Waals surface area contributed by atoms with Gasteiger partial charge in [-0.15, -0.1) is 0 Å². The molecule has 1 aromatic heterocycles. The number of aromatic nitrogens is 2. The minimum atomic E-state index is -2.28. The van der Waals surface area contributed by atoms with Crippen molar-refractivity contribution in [3.8, 4) is 0 Å². The summed E-state index contributed by atoms with van der Waals surface area (Å²) in [6.45, 7) is 1.18. The number of hydrogen-bond donors (Lipinski definition) is 4. The van der Waals surface area contributed by atoms with Crippen LogP contribution in [0.5, 0.6) is 0 Å². The van der Waals surface area contributed by atoms with Crippen LogP contribution in [0.15, 0.2) is 41.3 Å². The van der Waals surface area contributed by atoms with Gasteiger partial charge in [0.1, 0.15) is 24.1 Å². The van der Waals surface area contributed by atoms with Crippen LogP contribution in [0.2, 0.25) is 0 Å². The number of benzene rings is 1. The number of nitrogens with zero attached hydrogens (tertiary/aromatic N) is 2. The Balaban J connectivity index is 2.21. The molecule has 0 radical (unpaired) electrons. The second kappa shape index (κ2) is 6.61. The number of rotatable bonds is 4. The van der Waals surface area contributed by atoms with Crippen LogP contribution < -0.4 is 11.4 Å². The van der Waals surface area contributed by atoms with Gasteiger partial charge in [0.15, 0.2) is 0 Å². The highest BCUT2D eigenvalue weighted by Crippen LogP contribution is 2.37. The van der Waals surface area contributed by atoms with E-state index in [0.717, 1.165) is 16.3 Å². The number of ketones is 1. The molecule has 0 aliphatic carbocycles. The van der Waals surface area contributed by atoms with E-state index in [2.05, 4.69) is 4.98 Å². The normalized spacial score (nSPS) is 28.2. The third kappa shape index (κ3) is 2.71. The second-order valence-electron chi connectivity index (χ2n) is 6.17. The average Bonchev–Trinajstić information content (AvgIpc) is 2.87. The van der Waals surface area contributed by atoms with Crippen molar-refractivity contribution in [2.75, 3.05) is 12.3 Å². The average molecular weight is 361 g/mol. The lowest BCUT2D eigenvalue weighted by atomic mass is 9.93. The van der Waals surface area contributed by atoms with E-state index in [4.69, 9.17) is 10.5 Å². The van der Waals surface area contributed by atoms with Gasteiger partial charge in [-0.05, 0) is 13.0 Å². The maximum atomic E-state index is 13.2. The number of ether oxygens (including phenoxy) is 1. The number of anilines is 1. The van der Waals surface area contributed by atoms with Crippen LogP contribution in [0.4, 0.5) is 5.82 Å². The fraction of sp³-hybridized carbons (Fsp3) is 0.353. The number of carbonyl (C=O) groups is 1. The maximum absolute atomic E-state index is 13.2. The fourth-order valence-electron chi connectivity index (χ4n) is 3.03. The Kier molecular flexibility index (Phi) is 4.63. The van der Waals surface area contributed by atoms with Gasteiger partial charge >= 0.3 is 5.69 Å². The number of nitrogens with two attached hydrogens (primary N) is 1. The first-order valence-corrected chi connectivity index (χ1v) is 7.93. The molecule has 0 spiro atoms. The van der Waals surface area contributed by atoms with Gasteiger partial charge in [-0.3, -0.25) is 9.36 Å². The summed E-state index contributed by atoms with van der Waals surface area (Å²) in [6.07, 6.45) is -3.49. The molecular formula is C17H19N3O6. The monoisotopic (exact) mass is 361 g/mol. The first-order valence-electron chi connectivity index (χ1n) is 7.93. The van der Waals surface area contributed by atoms with Crippen molar-refractivity contribution in [3.05, 3.63) is 58.1 Å². The van der Waals surface area contributed by atoms with Crippen LogP contribution >= 0.6 is 0 Å². The van der Waals surface area contributed by atoms with Gasteiger partial charge in [-0.2, -0.15) is 4.98 Å². The molecule has 4 atom stereocenters. The number of hydrogen-bond acceptors (Lipinski definition) is 8. The molecule has 1 aliphatic rings. The van der Waals surface area contributed by atoms with Gasteiger partial charge in [-0.25, -0.2) is 4.79 Å². The Morgan fingerprint density at radius 3 is 2.50 bits per heavy atom. The number of nitrogen functional groups attached to an aromatic ring is 1. The largest absolute Gasteiger partial charge is 0.394 e. The van der Waals surface area contributed by atoms with Gasteiger partial charge in [-0.1, -0.05) is 29.8 Å². The molecule has 1 aliphatic heterocycles. The van der Waals surface area contributed by atoms with Crippen molar-refractivity contribution in [2.45, 2.75) is 31.0 Å². The molecule has 1 fully saturated rings. The first kappa shape index (κ1) is 18.2. The molecule has 3 rings (SSSR count). The summed E-state index contributed by atoms with van der Waals surface area (Å²) in [5, 5.41) is 30.2. The molecule has 1 saturated heterocycles. The van der Waals surface area contributed by atoms with Crippen molar-refractivity contribution in [2.24, 2.45) is 0 Å². The SMILES string of the molecule is Cc1ccc(C(=O)[C@@]2(n3ccc(N)nc3=O)O[C@H](CO)[C@@H](O)[C@H]2O)cc1. The summed E-state index contributed by atoms with van der Waals surface area (Å²) < 4.78 is 6.35. The summed E-state index contributed by atoms with van der Waals surface area (Å²) in [6, 6.07) is 7.67. The van der Waals surface area contributed by atoms with Crippen molar-refractivity contribution >= 4 is 11.6 Å². The standard InChI is InChI=1S/C17H19N3O6/c1-9-2-4-10(5-3-9)14(23)17(15(24)13(22)11(8-21)26-17)20-7-6-12(18)19-16(20)25/h2-7,11,13,15,21-22,24H,8H2,1H3,(H2,18,19,25)/t11-,13-,15-,17-/m1/s1. The van der Waals surface area contributed by atoms with E-state index in [0.29, 0.717) is 0 Å². The lowest BCUT2D eigenvalue weighted by Gasteiger charge is -2.32. The zero-order valence-electron chi connectivity index (χ0n) is 13.9. The molecule has 1 aromatic carbocycles. The van der Waals surface area contributed by atoms with E-state index in [1.807, 2.05) is 6.92 Å². The quantitative estimate of drug-likeness (QED) is 0.496. The Morgan fingerprint density at radius 2 is 1.96 bits per heavy atom. The number of carbonyl (C=O) groups excluding carboxylic acids is 1. The molecule has 5 N–H and O–H groups in total. The van der Waals surface area contributed by atoms with Crippen molar-refractivity contribution < 1.29 is 24.9 Å². The van der Waals surface area contributed by atoms with Gasteiger partial charge < -0.3 is 25.8 Å². The lowest BCUT2D eigenvalue weighted by molar-refractivity contribution is -0.117. The first-order chi connectivity index (χ1) is 12.3. The second-order valence-corrected chi connectivity index (χ2v) is 6.17. The van der Waals surface area contributed by atoms with Crippen molar-refractivity contribution in [3.63, 3.8) is 0 Å². The topological polar surface area (TPSA) is 148 Å². The Bertz CT molecular complexity index is 881. The van der Waals surface area contributed by atoms with Crippen LogP contribution in [0.1, 0.15) is 15.9 Å². The summed E-state index contributed by atoms with van der Waals surface area (Å²) >= 11 is 0. The van der Waals surface area contributed by atoms with E-state index in [9.17, 15) is 24.9 Å². The molecular weight excluding hydrogens is 342 g/mol. The molecule has 138 valence electrons. The Labute approximate surface area is 148 Å². The Hall–Kier alpha value is -2.59.